The number of nitrogens with one attached hydrogen (secondary N) is 1. The molecular formula is C17H14Br2N2O4. The molecule has 6 nitrogen and oxygen atoms in total. The fourth-order valence-corrected chi connectivity index (χ4v) is 3.46. The summed E-state index contributed by atoms with van der Waals surface area (Å²) in [6.45, 7) is 0. The Morgan fingerprint density at radius 2 is 1.56 bits per heavy atom. The van der Waals surface area contributed by atoms with Crippen molar-refractivity contribution in [2.24, 2.45) is 5.73 Å². The molecule has 25 heavy (non-hydrogen) atoms. The van der Waals surface area contributed by atoms with Crippen LogP contribution in [0.25, 0.3) is 0 Å². The Balaban J connectivity index is 2.13. The molecule has 0 aliphatic heterocycles. The first kappa shape index (κ1) is 19.1. The van der Waals surface area contributed by atoms with Gasteiger partial charge in [-0.05, 0) is 35.9 Å². The Morgan fingerprint density at radius 1 is 1.00 bits per heavy atom. The van der Waals surface area contributed by atoms with Crippen LogP contribution in [-0.2, 0) is 11.2 Å². The van der Waals surface area contributed by atoms with Gasteiger partial charge in [-0.25, -0.2) is 4.79 Å². The summed E-state index contributed by atoms with van der Waals surface area (Å²) < 4.78 is 1.43. The topological polar surface area (TPSA) is 109 Å². The molecular weight excluding hydrogens is 456 g/mol. The Labute approximate surface area is 160 Å². The highest BCUT2D eigenvalue weighted by Crippen LogP contribution is 2.20. The lowest BCUT2D eigenvalue weighted by atomic mass is 10.0. The van der Waals surface area contributed by atoms with E-state index in [1.807, 2.05) is 0 Å². The quantitative estimate of drug-likeness (QED) is 0.604. The molecule has 130 valence electrons. The zero-order valence-electron chi connectivity index (χ0n) is 12.8. The van der Waals surface area contributed by atoms with Crippen LogP contribution in [0, 0.1) is 0 Å². The van der Waals surface area contributed by atoms with Gasteiger partial charge >= 0.3 is 5.97 Å². The Hall–Kier alpha value is -2.19. The van der Waals surface area contributed by atoms with Crippen LogP contribution >= 0.6 is 31.9 Å². The lowest BCUT2D eigenvalue weighted by Crippen LogP contribution is -2.45. The summed E-state index contributed by atoms with van der Waals surface area (Å²) in [5, 5.41) is 11.5. The zero-order valence-corrected chi connectivity index (χ0v) is 16.0. The Kier molecular flexibility index (Phi) is 6.33. The van der Waals surface area contributed by atoms with E-state index >= 15 is 0 Å². The first-order valence-electron chi connectivity index (χ1n) is 7.15. The normalized spacial score (nSPS) is 11.6. The number of benzene rings is 2. The summed E-state index contributed by atoms with van der Waals surface area (Å²) in [6.07, 6.45) is 0.163. The van der Waals surface area contributed by atoms with E-state index in [0.29, 0.717) is 20.1 Å². The fraction of sp³-hybridized carbons (Fsp3) is 0.118. The van der Waals surface area contributed by atoms with Crippen molar-refractivity contribution in [1.82, 2.24) is 5.32 Å². The molecule has 0 bridgehead atoms. The summed E-state index contributed by atoms with van der Waals surface area (Å²) >= 11 is 6.60. The number of carbonyl (C=O) groups excluding carboxylic acids is 2. The van der Waals surface area contributed by atoms with E-state index in [-0.39, 0.29) is 12.0 Å². The number of aromatic carboxylic acids is 1. The Morgan fingerprint density at radius 3 is 2.04 bits per heavy atom. The van der Waals surface area contributed by atoms with Gasteiger partial charge in [-0.3, -0.25) is 9.59 Å². The molecule has 0 aromatic heterocycles. The van der Waals surface area contributed by atoms with Crippen LogP contribution in [0.15, 0.2) is 51.4 Å². The van der Waals surface area contributed by atoms with Gasteiger partial charge in [0.15, 0.2) is 0 Å². The van der Waals surface area contributed by atoms with Gasteiger partial charge in [-0.15, -0.1) is 0 Å². The predicted octanol–water partition coefficient (Wildman–Crippen LogP) is 2.74. The molecule has 2 rings (SSSR count). The third-order valence-electron chi connectivity index (χ3n) is 3.41. The molecule has 0 fully saturated rings. The van der Waals surface area contributed by atoms with Crippen molar-refractivity contribution >= 4 is 49.6 Å². The van der Waals surface area contributed by atoms with Crippen LogP contribution < -0.4 is 11.1 Å². The maximum absolute atomic E-state index is 12.4. The van der Waals surface area contributed by atoms with Gasteiger partial charge < -0.3 is 16.2 Å². The minimum absolute atomic E-state index is 0.141. The standard InChI is InChI=1S/C17H14Br2N2O4/c18-12-6-11(7-13(19)8-12)16(23)21-14(15(20)22)5-9-1-3-10(4-2-9)17(24)25/h1-4,6-8,14H,5H2,(H2,20,22)(H,21,23)(H,24,25)/t14-/m0/s1. The van der Waals surface area contributed by atoms with E-state index in [1.54, 1.807) is 30.3 Å². The minimum atomic E-state index is -1.04. The van der Waals surface area contributed by atoms with E-state index in [1.165, 1.54) is 12.1 Å². The highest BCUT2D eigenvalue weighted by Gasteiger charge is 2.20. The molecule has 0 aliphatic carbocycles. The van der Waals surface area contributed by atoms with E-state index in [9.17, 15) is 14.4 Å². The van der Waals surface area contributed by atoms with E-state index in [0.717, 1.165) is 0 Å². The smallest absolute Gasteiger partial charge is 0.335 e. The molecule has 0 aliphatic rings. The second-order valence-electron chi connectivity index (χ2n) is 5.29. The third kappa shape index (κ3) is 5.40. The summed E-state index contributed by atoms with van der Waals surface area (Å²) in [5.41, 5.74) is 6.58. The molecule has 2 aromatic carbocycles. The van der Waals surface area contributed by atoms with Gasteiger partial charge in [0, 0.05) is 20.9 Å². The van der Waals surface area contributed by atoms with Crippen molar-refractivity contribution in [3.63, 3.8) is 0 Å². The number of nitrogens with two attached hydrogens (primary N) is 1. The van der Waals surface area contributed by atoms with Crippen molar-refractivity contribution in [2.45, 2.75) is 12.5 Å². The lowest BCUT2D eigenvalue weighted by Gasteiger charge is -2.16. The number of hydrogen-bond acceptors (Lipinski definition) is 3. The van der Waals surface area contributed by atoms with Crippen molar-refractivity contribution in [3.05, 3.63) is 68.1 Å². The number of carboxylic acids is 1. The van der Waals surface area contributed by atoms with Gasteiger partial charge in [0.05, 0.1) is 5.56 Å². The van der Waals surface area contributed by atoms with Gasteiger partial charge in [-0.1, -0.05) is 44.0 Å². The molecule has 0 heterocycles. The lowest BCUT2D eigenvalue weighted by molar-refractivity contribution is -0.119. The van der Waals surface area contributed by atoms with Crippen LogP contribution in [0.3, 0.4) is 0 Å². The summed E-state index contributed by atoms with van der Waals surface area (Å²) in [5.74, 6) is -2.15. The van der Waals surface area contributed by atoms with Crippen molar-refractivity contribution < 1.29 is 19.5 Å². The first-order valence-corrected chi connectivity index (χ1v) is 8.73. The molecule has 0 spiro atoms. The SMILES string of the molecule is NC(=O)[C@H](Cc1ccc(C(=O)O)cc1)NC(=O)c1cc(Br)cc(Br)c1. The zero-order chi connectivity index (χ0) is 18.6. The largest absolute Gasteiger partial charge is 0.478 e. The Bertz CT molecular complexity index is 802. The van der Waals surface area contributed by atoms with E-state index < -0.39 is 23.8 Å². The summed E-state index contributed by atoms with van der Waals surface area (Å²) in [6, 6.07) is 10.2. The molecule has 0 saturated carbocycles. The number of primary amides is 1. The number of carbonyl (C=O) groups is 3. The first-order chi connectivity index (χ1) is 11.8. The maximum atomic E-state index is 12.4. The average molecular weight is 470 g/mol. The number of halogens is 2. The summed E-state index contributed by atoms with van der Waals surface area (Å²) in [7, 11) is 0. The predicted molar refractivity (Wildman–Crippen MR) is 99.4 cm³/mol. The van der Waals surface area contributed by atoms with Crippen molar-refractivity contribution in [1.29, 1.82) is 0 Å². The van der Waals surface area contributed by atoms with Gasteiger partial charge in [-0.2, -0.15) is 0 Å². The third-order valence-corrected chi connectivity index (χ3v) is 4.33. The van der Waals surface area contributed by atoms with Crippen LogP contribution in [0.4, 0.5) is 0 Å². The number of carboxylic acid groups (broad SMARTS) is 1. The highest BCUT2D eigenvalue weighted by molar-refractivity contribution is 9.11. The van der Waals surface area contributed by atoms with Crippen LogP contribution in [0.2, 0.25) is 0 Å². The highest BCUT2D eigenvalue weighted by atomic mass is 79.9. The number of rotatable bonds is 6. The van der Waals surface area contributed by atoms with Gasteiger partial charge in [0.25, 0.3) is 5.91 Å². The number of hydrogen-bond donors (Lipinski definition) is 3. The fourth-order valence-electron chi connectivity index (χ4n) is 2.17. The molecule has 0 saturated heterocycles. The maximum Gasteiger partial charge on any atom is 0.335 e. The second kappa shape index (κ2) is 8.26. The molecule has 8 heteroatoms. The van der Waals surface area contributed by atoms with Crippen molar-refractivity contribution in [2.75, 3.05) is 0 Å². The molecule has 2 aromatic rings. The van der Waals surface area contributed by atoms with Crippen molar-refractivity contribution in [3.8, 4) is 0 Å². The molecule has 0 radical (unpaired) electrons. The monoisotopic (exact) mass is 468 g/mol. The average Bonchev–Trinajstić information content (AvgIpc) is 2.53. The van der Waals surface area contributed by atoms with Gasteiger partial charge in [0.1, 0.15) is 6.04 Å². The van der Waals surface area contributed by atoms with Crippen LogP contribution in [0.5, 0.6) is 0 Å². The van der Waals surface area contributed by atoms with Crippen LogP contribution in [-0.4, -0.2) is 28.9 Å². The van der Waals surface area contributed by atoms with E-state index in [2.05, 4.69) is 37.2 Å². The second-order valence-corrected chi connectivity index (χ2v) is 7.12. The molecule has 1 atom stereocenters. The van der Waals surface area contributed by atoms with Crippen LogP contribution in [0.1, 0.15) is 26.3 Å². The summed E-state index contributed by atoms with van der Waals surface area (Å²) in [4.78, 5) is 34.9. The minimum Gasteiger partial charge on any atom is -0.478 e. The molecule has 2 amide bonds. The van der Waals surface area contributed by atoms with Gasteiger partial charge in [0.2, 0.25) is 5.91 Å². The number of amides is 2. The molecule has 4 N–H and O–H groups in total. The molecule has 0 unspecified atom stereocenters. The van der Waals surface area contributed by atoms with E-state index in [4.69, 9.17) is 10.8 Å².